The lowest BCUT2D eigenvalue weighted by Gasteiger charge is -2.23. The molecule has 0 fully saturated rings. The quantitative estimate of drug-likeness (QED) is 0.669. The molecule has 1 heteroatoms. The fourth-order valence-electron chi connectivity index (χ4n) is 2.09. The lowest BCUT2D eigenvalue weighted by molar-refractivity contribution is 0.418. The Kier molecular flexibility index (Phi) is 6.74. The highest BCUT2D eigenvalue weighted by molar-refractivity contribution is 14.0. The molecule has 0 aromatic carbocycles. The maximum Gasteiger partial charge on any atom is -0.0180 e. The van der Waals surface area contributed by atoms with E-state index in [-0.39, 0.29) is 24.0 Å². The molecular formula is C12H21I. The van der Waals surface area contributed by atoms with Gasteiger partial charge in [0.2, 0.25) is 0 Å². The third kappa shape index (κ3) is 3.84. The Bertz CT molecular complexity index is 189. The zero-order valence-electron chi connectivity index (χ0n) is 8.92. The number of allylic oxidation sites excluding steroid dienone is 4. The van der Waals surface area contributed by atoms with Gasteiger partial charge in [-0.05, 0) is 31.1 Å². The average Bonchev–Trinajstić information content (AvgIpc) is 2.07. The van der Waals surface area contributed by atoms with Crippen LogP contribution in [0.4, 0.5) is 0 Å². The first kappa shape index (κ1) is 13.2. The first-order chi connectivity index (χ1) is 5.75. The van der Waals surface area contributed by atoms with Crippen LogP contribution in [0, 0.1) is 11.8 Å². The van der Waals surface area contributed by atoms with Crippen LogP contribution in [-0.4, -0.2) is 0 Å². The van der Waals surface area contributed by atoms with Crippen LogP contribution in [0.15, 0.2) is 23.8 Å². The van der Waals surface area contributed by atoms with Gasteiger partial charge in [-0.2, -0.15) is 0 Å². The third-order valence-electron chi connectivity index (χ3n) is 2.77. The van der Waals surface area contributed by atoms with Gasteiger partial charge in [0.25, 0.3) is 0 Å². The lowest BCUT2D eigenvalue weighted by Crippen LogP contribution is -2.11. The normalized spacial score (nSPS) is 18.0. The minimum absolute atomic E-state index is 0. The number of hydrogen-bond donors (Lipinski definition) is 0. The maximum absolute atomic E-state index is 2.33. The molecule has 0 saturated carbocycles. The first-order valence-electron chi connectivity index (χ1n) is 5.11. The van der Waals surface area contributed by atoms with Gasteiger partial charge in [0.1, 0.15) is 0 Å². The van der Waals surface area contributed by atoms with Crippen LogP contribution in [0.1, 0.15) is 40.0 Å². The van der Waals surface area contributed by atoms with E-state index in [0.29, 0.717) is 0 Å². The minimum atomic E-state index is 0. The van der Waals surface area contributed by atoms with Gasteiger partial charge in [0, 0.05) is 0 Å². The first-order valence-corrected chi connectivity index (χ1v) is 5.11. The van der Waals surface area contributed by atoms with Gasteiger partial charge in [0.05, 0.1) is 0 Å². The SMILES string of the molecule is CCC(C1=CC=CCC1)C(C)C.I. The zero-order chi connectivity index (χ0) is 8.97. The van der Waals surface area contributed by atoms with Crippen molar-refractivity contribution >= 4 is 24.0 Å². The van der Waals surface area contributed by atoms with Crippen molar-refractivity contribution in [2.45, 2.75) is 40.0 Å². The fraction of sp³-hybridized carbons (Fsp3) is 0.667. The number of halogens is 1. The average molecular weight is 292 g/mol. The highest BCUT2D eigenvalue weighted by Gasteiger charge is 2.15. The molecule has 1 unspecified atom stereocenters. The molecule has 13 heavy (non-hydrogen) atoms. The molecule has 1 rings (SSSR count). The third-order valence-corrected chi connectivity index (χ3v) is 2.77. The van der Waals surface area contributed by atoms with E-state index in [2.05, 4.69) is 39.0 Å². The molecular weight excluding hydrogens is 271 g/mol. The Morgan fingerprint density at radius 3 is 2.46 bits per heavy atom. The van der Waals surface area contributed by atoms with Crippen molar-refractivity contribution < 1.29 is 0 Å². The second-order valence-electron chi connectivity index (χ2n) is 3.97. The maximum atomic E-state index is 2.33. The van der Waals surface area contributed by atoms with Crippen LogP contribution in [0.5, 0.6) is 0 Å². The molecule has 0 N–H and O–H groups in total. The summed E-state index contributed by atoms with van der Waals surface area (Å²) in [7, 11) is 0. The highest BCUT2D eigenvalue weighted by Crippen LogP contribution is 2.29. The van der Waals surface area contributed by atoms with Crippen LogP contribution < -0.4 is 0 Å². The van der Waals surface area contributed by atoms with Crippen molar-refractivity contribution in [2.75, 3.05) is 0 Å². The molecule has 0 aromatic heterocycles. The van der Waals surface area contributed by atoms with Gasteiger partial charge >= 0.3 is 0 Å². The molecule has 1 aliphatic carbocycles. The molecule has 1 atom stereocenters. The largest absolute Gasteiger partial charge is 0.107 e. The van der Waals surface area contributed by atoms with E-state index in [1.54, 1.807) is 5.57 Å². The van der Waals surface area contributed by atoms with E-state index >= 15 is 0 Å². The Labute approximate surface area is 99.5 Å². The van der Waals surface area contributed by atoms with E-state index in [1.165, 1.54) is 19.3 Å². The standard InChI is InChI=1S/C12H20.HI/c1-4-12(10(2)3)11-8-6-5-7-9-11;/h5-6,8,10,12H,4,7,9H2,1-3H3;1H. The topological polar surface area (TPSA) is 0 Å². The van der Waals surface area contributed by atoms with Gasteiger partial charge < -0.3 is 0 Å². The highest BCUT2D eigenvalue weighted by atomic mass is 127. The van der Waals surface area contributed by atoms with Crippen molar-refractivity contribution in [2.24, 2.45) is 11.8 Å². The van der Waals surface area contributed by atoms with Crippen LogP contribution >= 0.6 is 24.0 Å². The summed E-state index contributed by atoms with van der Waals surface area (Å²) in [4.78, 5) is 0. The van der Waals surface area contributed by atoms with E-state index in [9.17, 15) is 0 Å². The fourth-order valence-corrected chi connectivity index (χ4v) is 2.09. The van der Waals surface area contributed by atoms with Gasteiger partial charge in [-0.15, -0.1) is 24.0 Å². The summed E-state index contributed by atoms with van der Waals surface area (Å²) < 4.78 is 0. The summed E-state index contributed by atoms with van der Waals surface area (Å²) >= 11 is 0. The predicted molar refractivity (Wildman–Crippen MR) is 70.5 cm³/mol. The summed E-state index contributed by atoms with van der Waals surface area (Å²) in [6.45, 7) is 6.95. The Morgan fingerprint density at radius 2 is 2.08 bits per heavy atom. The zero-order valence-corrected chi connectivity index (χ0v) is 11.2. The van der Waals surface area contributed by atoms with Crippen molar-refractivity contribution in [3.05, 3.63) is 23.8 Å². The molecule has 0 aromatic rings. The molecule has 76 valence electrons. The summed E-state index contributed by atoms with van der Waals surface area (Å²) in [5, 5.41) is 0. The van der Waals surface area contributed by atoms with Crippen LogP contribution in [0.25, 0.3) is 0 Å². The summed E-state index contributed by atoms with van der Waals surface area (Å²) in [5.41, 5.74) is 1.66. The molecule has 0 saturated heterocycles. The van der Waals surface area contributed by atoms with E-state index < -0.39 is 0 Å². The van der Waals surface area contributed by atoms with E-state index in [4.69, 9.17) is 0 Å². The molecule has 1 aliphatic rings. The Balaban J connectivity index is 0.00000144. The van der Waals surface area contributed by atoms with Gasteiger partial charge in [-0.25, -0.2) is 0 Å². The van der Waals surface area contributed by atoms with Gasteiger partial charge in [0.15, 0.2) is 0 Å². The van der Waals surface area contributed by atoms with Crippen LogP contribution in [-0.2, 0) is 0 Å². The van der Waals surface area contributed by atoms with E-state index in [1.807, 2.05) is 0 Å². The Hall–Kier alpha value is 0.210. The van der Waals surface area contributed by atoms with E-state index in [0.717, 1.165) is 11.8 Å². The van der Waals surface area contributed by atoms with Crippen LogP contribution in [0.2, 0.25) is 0 Å². The molecule has 0 nitrogen and oxygen atoms in total. The summed E-state index contributed by atoms with van der Waals surface area (Å²) in [6, 6.07) is 0. The second-order valence-corrected chi connectivity index (χ2v) is 3.97. The predicted octanol–water partition coefficient (Wildman–Crippen LogP) is 4.56. The van der Waals surface area contributed by atoms with Gasteiger partial charge in [-0.3, -0.25) is 0 Å². The molecule has 0 bridgehead atoms. The molecule has 0 radical (unpaired) electrons. The Morgan fingerprint density at radius 1 is 1.38 bits per heavy atom. The smallest absolute Gasteiger partial charge is 0.0180 e. The number of hydrogen-bond acceptors (Lipinski definition) is 0. The molecule has 0 heterocycles. The minimum Gasteiger partial charge on any atom is -0.107 e. The monoisotopic (exact) mass is 292 g/mol. The summed E-state index contributed by atoms with van der Waals surface area (Å²) in [5.74, 6) is 1.61. The summed E-state index contributed by atoms with van der Waals surface area (Å²) in [6.07, 6.45) is 10.6. The van der Waals surface area contributed by atoms with Gasteiger partial charge in [-0.1, -0.05) is 44.6 Å². The molecule has 0 aliphatic heterocycles. The van der Waals surface area contributed by atoms with Crippen molar-refractivity contribution in [3.8, 4) is 0 Å². The van der Waals surface area contributed by atoms with Crippen molar-refractivity contribution in [1.29, 1.82) is 0 Å². The van der Waals surface area contributed by atoms with Crippen molar-refractivity contribution in [3.63, 3.8) is 0 Å². The van der Waals surface area contributed by atoms with Crippen LogP contribution in [0.3, 0.4) is 0 Å². The molecule has 0 amide bonds. The molecule has 0 spiro atoms. The van der Waals surface area contributed by atoms with Crippen molar-refractivity contribution in [1.82, 2.24) is 0 Å². The second kappa shape index (κ2) is 6.63. The lowest BCUT2D eigenvalue weighted by atomic mass is 9.82. The number of rotatable bonds is 3.